The zero-order valence-corrected chi connectivity index (χ0v) is 13.4. The maximum Gasteiger partial charge on any atom is 0.323 e. The van der Waals surface area contributed by atoms with Crippen LogP contribution in [0.2, 0.25) is 0 Å². The first-order valence-electron chi connectivity index (χ1n) is 6.05. The van der Waals surface area contributed by atoms with Gasteiger partial charge in [-0.05, 0) is 53.1 Å². The van der Waals surface area contributed by atoms with E-state index in [1.54, 1.807) is 0 Å². The molecule has 0 radical (unpaired) electrons. The van der Waals surface area contributed by atoms with Crippen LogP contribution in [-0.2, 0) is 9.53 Å². The van der Waals surface area contributed by atoms with Gasteiger partial charge in [-0.2, -0.15) is 0 Å². The molecule has 2 atom stereocenters. The summed E-state index contributed by atoms with van der Waals surface area (Å²) in [5.41, 5.74) is 1.17. The molecule has 0 heterocycles. The highest BCUT2D eigenvalue weighted by Crippen LogP contribution is 2.17. The largest absolute Gasteiger partial charge is 0.468 e. The second kappa shape index (κ2) is 7.09. The van der Waals surface area contributed by atoms with Gasteiger partial charge in [0.1, 0.15) is 6.04 Å². The van der Waals surface area contributed by atoms with Crippen LogP contribution in [-0.4, -0.2) is 19.1 Å². The lowest BCUT2D eigenvalue weighted by atomic mass is 10.0. The average molecular weight is 361 g/mol. The van der Waals surface area contributed by atoms with Crippen molar-refractivity contribution in [3.8, 4) is 0 Å². The molecule has 100 valence electrons. The lowest BCUT2D eigenvalue weighted by Gasteiger charge is -2.24. The summed E-state index contributed by atoms with van der Waals surface area (Å²) in [4.78, 5) is 11.7. The van der Waals surface area contributed by atoms with Crippen LogP contribution in [0.15, 0.2) is 24.3 Å². The number of ether oxygens (including phenoxy) is 1. The molecule has 0 bridgehead atoms. The smallest absolute Gasteiger partial charge is 0.323 e. The summed E-state index contributed by atoms with van der Waals surface area (Å²) in [5.74, 6) is -0.00823. The molecule has 3 nitrogen and oxygen atoms in total. The predicted octanol–water partition coefficient (Wildman–Crippen LogP) is 3.14. The van der Waals surface area contributed by atoms with Gasteiger partial charge in [0.15, 0.2) is 0 Å². The molecular formula is C14H20INO2. The van der Waals surface area contributed by atoms with E-state index in [1.165, 1.54) is 16.2 Å². The Morgan fingerprint density at radius 2 is 1.78 bits per heavy atom. The lowest BCUT2D eigenvalue weighted by molar-refractivity contribution is -0.144. The summed E-state index contributed by atoms with van der Waals surface area (Å²) < 4.78 is 6.03. The number of esters is 1. The fraction of sp³-hybridized carbons (Fsp3) is 0.500. The molecule has 0 fully saturated rings. The Labute approximate surface area is 122 Å². The van der Waals surface area contributed by atoms with E-state index in [-0.39, 0.29) is 24.0 Å². The number of carbonyl (C=O) groups excluding carboxylic acids is 1. The van der Waals surface area contributed by atoms with Crippen molar-refractivity contribution in [2.75, 3.05) is 7.11 Å². The Morgan fingerprint density at radius 3 is 2.22 bits per heavy atom. The molecule has 0 aliphatic carbocycles. The van der Waals surface area contributed by atoms with Gasteiger partial charge in [0, 0.05) is 9.61 Å². The molecule has 1 aromatic rings. The summed E-state index contributed by atoms with van der Waals surface area (Å²) >= 11 is 2.28. The van der Waals surface area contributed by atoms with Crippen LogP contribution >= 0.6 is 22.6 Å². The van der Waals surface area contributed by atoms with Crippen LogP contribution in [0.3, 0.4) is 0 Å². The number of halogens is 1. The molecule has 0 aliphatic heterocycles. The van der Waals surface area contributed by atoms with E-state index < -0.39 is 0 Å². The quantitative estimate of drug-likeness (QED) is 0.647. The number of rotatable bonds is 5. The number of nitrogens with one attached hydrogen (secondary N) is 1. The van der Waals surface area contributed by atoms with E-state index in [4.69, 9.17) is 4.74 Å². The Hall–Kier alpha value is -0.620. The van der Waals surface area contributed by atoms with Gasteiger partial charge in [-0.25, -0.2) is 0 Å². The number of methoxy groups -OCH3 is 1. The molecule has 18 heavy (non-hydrogen) atoms. The molecule has 4 heteroatoms. The number of carbonyl (C=O) groups is 1. The van der Waals surface area contributed by atoms with E-state index in [2.05, 4.69) is 59.1 Å². The molecule has 0 aliphatic rings. The molecule has 1 unspecified atom stereocenters. The van der Waals surface area contributed by atoms with Crippen molar-refractivity contribution in [3.05, 3.63) is 33.4 Å². The predicted molar refractivity (Wildman–Crippen MR) is 81.4 cm³/mol. The van der Waals surface area contributed by atoms with Crippen molar-refractivity contribution >= 4 is 28.6 Å². The van der Waals surface area contributed by atoms with Crippen LogP contribution in [0, 0.1) is 9.49 Å². The fourth-order valence-electron chi connectivity index (χ4n) is 1.78. The highest BCUT2D eigenvalue weighted by atomic mass is 127. The van der Waals surface area contributed by atoms with Crippen molar-refractivity contribution in [2.45, 2.75) is 32.9 Å². The van der Waals surface area contributed by atoms with Gasteiger partial charge in [-0.1, -0.05) is 26.0 Å². The first-order valence-corrected chi connectivity index (χ1v) is 7.13. The summed E-state index contributed by atoms with van der Waals surface area (Å²) in [7, 11) is 1.43. The molecule has 1 N–H and O–H groups in total. The summed E-state index contributed by atoms with van der Waals surface area (Å²) in [6.45, 7) is 6.07. The molecule has 0 aromatic heterocycles. The average Bonchev–Trinajstić information content (AvgIpc) is 2.35. The van der Waals surface area contributed by atoms with Gasteiger partial charge in [-0.3, -0.25) is 10.1 Å². The Kier molecular flexibility index (Phi) is 6.08. The van der Waals surface area contributed by atoms with E-state index in [0.29, 0.717) is 0 Å². The van der Waals surface area contributed by atoms with Gasteiger partial charge in [0.05, 0.1) is 7.11 Å². The molecule has 0 amide bonds. The molecule has 0 spiro atoms. The first-order chi connectivity index (χ1) is 8.45. The second-order valence-electron chi connectivity index (χ2n) is 4.68. The van der Waals surface area contributed by atoms with Crippen molar-refractivity contribution < 1.29 is 9.53 Å². The zero-order chi connectivity index (χ0) is 13.7. The Bertz CT molecular complexity index is 389. The zero-order valence-electron chi connectivity index (χ0n) is 11.2. The van der Waals surface area contributed by atoms with E-state index in [0.717, 1.165) is 0 Å². The highest BCUT2D eigenvalue weighted by Gasteiger charge is 2.24. The molecule has 0 saturated carbocycles. The van der Waals surface area contributed by atoms with E-state index in [9.17, 15) is 4.79 Å². The minimum Gasteiger partial charge on any atom is -0.468 e. The monoisotopic (exact) mass is 361 g/mol. The van der Waals surface area contributed by atoms with Crippen molar-refractivity contribution in [1.82, 2.24) is 5.32 Å². The maximum atomic E-state index is 11.7. The number of benzene rings is 1. The van der Waals surface area contributed by atoms with Crippen LogP contribution in [0.4, 0.5) is 0 Å². The maximum absolute atomic E-state index is 11.7. The fourth-order valence-corrected chi connectivity index (χ4v) is 2.14. The third-order valence-corrected chi connectivity index (χ3v) is 3.64. The highest BCUT2D eigenvalue weighted by molar-refractivity contribution is 14.1. The Balaban J connectivity index is 2.75. The lowest BCUT2D eigenvalue weighted by Crippen LogP contribution is -2.42. The summed E-state index contributed by atoms with van der Waals surface area (Å²) in [5, 5.41) is 3.33. The van der Waals surface area contributed by atoms with Gasteiger partial charge in [0.2, 0.25) is 0 Å². The molecule has 1 rings (SSSR count). The van der Waals surface area contributed by atoms with Crippen LogP contribution < -0.4 is 5.32 Å². The summed E-state index contributed by atoms with van der Waals surface area (Å²) in [6.07, 6.45) is 0. The van der Waals surface area contributed by atoms with Gasteiger partial charge in [0.25, 0.3) is 0 Å². The van der Waals surface area contributed by atoms with E-state index in [1.807, 2.05) is 13.8 Å². The van der Waals surface area contributed by atoms with Gasteiger partial charge >= 0.3 is 5.97 Å². The molecule has 1 aromatic carbocycles. The minimum absolute atomic E-state index is 0.119. The third-order valence-electron chi connectivity index (χ3n) is 2.92. The standard InChI is InChI=1S/C14H20INO2/c1-9(2)13(14(17)18-4)16-10(3)11-5-7-12(15)8-6-11/h5-10,13,16H,1-4H3/t10?,13-/m0/s1. The van der Waals surface area contributed by atoms with Crippen LogP contribution in [0.5, 0.6) is 0 Å². The second-order valence-corrected chi connectivity index (χ2v) is 5.93. The van der Waals surface area contributed by atoms with Crippen molar-refractivity contribution in [3.63, 3.8) is 0 Å². The minimum atomic E-state index is -0.274. The third kappa shape index (κ3) is 4.24. The Morgan fingerprint density at radius 1 is 1.22 bits per heavy atom. The van der Waals surface area contributed by atoms with E-state index >= 15 is 0 Å². The van der Waals surface area contributed by atoms with Crippen molar-refractivity contribution in [1.29, 1.82) is 0 Å². The van der Waals surface area contributed by atoms with Gasteiger partial charge < -0.3 is 4.74 Å². The molecular weight excluding hydrogens is 341 g/mol. The first kappa shape index (κ1) is 15.4. The number of hydrogen-bond donors (Lipinski definition) is 1. The van der Waals surface area contributed by atoms with Crippen molar-refractivity contribution in [2.24, 2.45) is 5.92 Å². The molecule has 0 saturated heterocycles. The van der Waals surface area contributed by atoms with Crippen LogP contribution in [0.1, 0.15) is 32.4 Å². The van der Waals surface area contributed by atoms with Gasteiger partial charge in [-0.15, -0.1) is 0 Å². The summed E-state index contributed by atoms with van der Waals surface area (Å²) in [6, 6.07) is 8.13. The topological polar surface area (TPSA) is 38.3 Å². The SMILES string of the molecule is COC(=O)[C@@H](NC(C)c1ccc(I)cc1)C(C)C. The number of hydrogen-bond acceptors (Lipinski definition) is 3. The van der Waals surface area contributed by atoms with Crippen LogP contribution in [0.25, 0.3) is 0 Å². The normalized spacial score (nSPS) is 14.3.